The van der Waals surface area contributed by atoms with E-state index in [4.69, 9.17) is 11.6 Å². The lowest BCUT2D eigenvalue weighted by molar-refractivity contribution is 0.123. The Bertz CT molecular complexity index is 506. The topological polar surface area (TPSA) is 35.5 Å². The zero-order valence-electron chi connectivity index (χ0n) is 12.9. The second-order valence-electron chi connectivity index (χ2n) is 6.10. The summed E-state index contributed by atoms with van der Waals surface area (Å²) in [7, 11) is 0. The third-order valence-corrected chi connectivity index (χ3v) is 5.59. The van der Waals surface area contributed by atoms with Gasteiger partial charge in [-0.2, -0.15) is 0 Å². The predicted octanol–water partition coefficient (Wildman–Crippen LogP) is 4.79. The number of phenols is 1. The molecule has 3 rings (SSSR count). The van der Waals surface area contributed by atoms with Gasteiger partial charge in [0.15, 0.2) is 0 Å². The van der Waals surface area contributed by atoms with E-state index in [0.717, 1.165) is 31.7 Å². The number of hydrogen-bond acceptors (Lipinski definition) is 3. The van der Waals surface area contributed by atoms with Crippen LogP contribution in [0.2, 0.25) is 5.02 Å². The van der Waals surface area contributed by atoms with Crippen molar-refractivity contribution < 1.29 is 5.11 Å². The van der Waals surface area contributed by atoms with Gasteiger partial charge in [-0.1, -0.05) is 24.4 Å². The molecule has 0 aromatic heterocycles. The van der Waals surface area contributed by atoms with E-state index in [1.807, 2.05) is 6.07 Å². The normalized spacial score (nSPS) is 20.6. The minimum atomic E-state index is 0. The first kappa shape index (κ1) is 21.3. The highest BCUT2D eigenvalue weighted by Crippen LogP contribution is 2.45. The van der Waals surface area contributed by atoms with Crippen molar-refractivity contribution >= 4 is 52.3 Å². The van der Waals surface area contributed by atoms with Crippen LogP contribution in [0, 0.1) is 5.92 Å². The number of aromatic hydroxyl groups is 1. The van der Waals surface area contributed by atoms with Crippen LogP contribution in [0.3, 0.4) is 0 Å². The Morgan fingerprint density at radius 3 is 2.39 bits per heavy atom. The first-order chi connectivity index (χ1) is 10.2. The number of hydrogen-bond donors (Lipinski definition) is 2. The molecule has 3 nitrogen and oxygen atoms in total. The maximum absolute atomic E-state index is 10.5. The molecule has 23 heavy (non-hydrogen) atoms. The number of phenolic OH excluding ortho intramolecular Hbond substituents is 1. The van der Waals surface area contributed by atoms with E-state index >= 15 is 0 Å². The number of benzene rings is 1. The van der Waals surface area contributed by atoms with Crippen molar-refractivity contribution in [2.24, 2.45) is 5.92 Å². The van der Waals surface area contributed by atoms with Crippen LogP contribution in [0.4, 0.5) is 0 Å². The van der Waals surface area contributed by atoms with Crippen LogP contribution in [0.5, 0.6) is 5.75 Å². The van der Waals surface area contributed by atoms with E-state index in [1.165, 1.54) is 25.7 Å². The molecule has 1 saturated carbocycles. The lowest BCUT2D eigenvalue weighted by Gasteiger charge is -2.39. The molecule has 1 aromatic carbocycles. The second kappa shape index (κ2) is 9.69. The van der Waals surface area contributed by atoms with Gasteiger partial charge in [-0.3, -0.25) is 4.90 Å². The Labute approximate surface area is 164 Å². The standard InChI is InChI=1S/C16H22BrClN2O.2ClH/c17-14-10-12(18)9-13(16(14)21)15(11-3-1-2-4-11)20-7-5-19-6-8-20;;/h9-11,15,19,21H,1-8H2;2*1H/t15-;;/m1../s1. The number of piperazine rings is 1. The Kier molecular flexibility index (Phi) is 8.99. The summed E-state index contributed by atoms with van der Waals surface area (Å²) in [6.07, 6.45) is 5.10. The largest absolute Gasteiger partial charge is 0.506 e. The van der Waals surface area contributed by atoms with Crippen molar-refractivity contribution in [1.29, 1.82) is 0 Å². The Hall–Kier alpha value is 0.290. The maximum Gasteiger partial charge on any atom is 0.134 e. The smallest absolute Gasteiger partial charge is 0.134 e. The van der Waals surface area contributed by atoms with Crippen LogP contribution in [0.1, 0.15) is 37.3 Å². The molecule has 0 radical (unpaired) electrons. The number of nitrogens with zero attached hydrogens (tertiary/aromatic N) is 1. The molecular weight excluding hydrogens is 422 g/mol. The number of halogens is 4. The highest BCUT2D eigenvalue weighted by Gasteiger charge is 2.34. The van der Waals surface area contributed by atoms with Crippen molar-refractivity contribution in [3.05, 3.63) is 27.2 Å². The molecular formula is C16H24BrCl3N2O. The van der Waals surface area contributed by atoms with Gasteiger partial charge in [0, 0.05) is 42.8 Å². The molecule has 0 spiro atoms. The summed E-state index contributed by atoms with van der Waals surface area (Å²) < 4.78 is 0.697. The summed E-state index contributed by atoms with van der Waals surface area (Å²) in [4.78, 5) is 2.52. The van der Waals surface area contributed by atoms with Crippen LogP contribution < -0.4 is 5.32 Å². The van der Waals surface area contributed by atoms with Gasteiger partial charge in [0.2, 0.25) is 0 Å². The highest BCUT2D eigenvalue weighted by atomic mass is 79.9. The molecule has 0 amide bonds. The summed E-state index contributed by atoms with van der Waals surface area (Å²) in [6.45, 7) is 4.10. The molecule has 0 bridgehead atoms. The third kappa shape index (κ3) is 4.90. The SMILES string of the molecule is Cl.Cl.Oc1c(Br)cc(Cl)cc1[C@@H](C1CCCC1)N1CCNCC1. The molecule has 2 fully saturated rings. The second-order valence-corrected chi connectivity index (χ2v) is 7.39. The van der Waals surface area contributed by atoms with Gasteiger partial charge < -0.3 is 10.4 Å². The Morgan fingerprint density at radius 1 is 1.17 bits per heavy atom. The van der Waals surface area contributed by atoms with Gasteiger partial charge in [-0.25, -0.2) is 0 Å². The summed E-state index contributed by atoms with van der Waals surface area (Å²) in [5, 5.41) is 14.6. The minimum Gasteiger partial charge on any atom is -0.506 e. The fourth-order valence-electron chi connectivity index (χ4n) is 3.79. The van der Waals surface area contributed by atoms with Gasteiger partial charge in [0.25, 0.3) is 0 Å². The molecule has 1 heterocycles. The fourth-order valence-corrected chi connectivity index (χ4v) is 4.63. The zero-order chi connectivity index (χ0) is 14.8. The lowest BCUT2D eigenvalue weighted by atomic mass is 9.89. The molecule has 1 aromatic rings. The van der Waals surface area contributed by atoms with Crippen LogP contribution in [0.15, 0.2) is 16.6 Å². The minimum absolute atomic E-state index is 0. The molecule has 0 unspecified atom stereocenters. The van der Waals surface area contributed by atoms with E-state index in [9.17, 15) is 5.11 Å². The fraction of sp³-hybridized carbons (Fsp3) is 0.625. The van der Waals surface area contributed by atoms with Crippen LogP contribution in [0.25, 0.3) is 0 Å². The van der Waals surface area contributed by atoms with Crippen molar-refractivity contribution in [3.63, 3.8) is 0 Å². The van der Waals surface area contributed by atoms with Crippen molar-refractivity contribution in [1.82, 2.24) is 10.2 Å². The monoisotopic (exact) mass is 444 g/mol. The van der Waals surface area contributed by atoms with Crippen molar-refractivity contribution in [2.45, 2.75) is 31.7 Å². The van der Waals surface area contributed by atoms with E-state index in [2.05, 4.69) is 26.1 Å². The Morgan fingerprint density at radius 2 is 1.78 bits per heavy atom. The van der Waals surface area contributed by atoms with Crippen LogP contribution in [-0.4, -0.2) is 36.2 Å². The lowest BCUT2D eigenvalue weighted by Crippen LogP contribution is -2.46. The molecule has 2 aliphatic rings. The van der Waals surface area contributed by atoms with E-state index in [1.54, 1.807) is 6.07 Å². The number of nitrogens with one attached hydrogen (secondary N) is 1. The summed E-state index contributed by atoms with van der Waals surface area (Å²) in [5.41, 5.74) is 0.989. The van der Waals surface area contributed by atoms with Gasteiger partial charge in [0.05, 0.1) is 4.47 Å². The predicted molar refractivity (Wildman–Crippen MR) is 104 cm³/mol. The molecule has 1 saturated heterocycles. The quantitative estimate of drug-likeness (QED) is 0.701. The first-order valence-electron chi connectivity index (χ1n) is 7.79. The van der Waals surface area contributed by atoms with E-state index < -0.39 is 0 Å². The van der Waals surface area contributed by atoms with Crippen LogP contribution in [-0.2, 0) is 0 Å². The van der Waals surface area contributed by atoms with Gasteiger partial charge in [0.1, 0.15) is 5.75 Å². The van der Waals surface area contributed by atoms with Crippen LogP contribution >= 0.6 is 52.3 Å². The zero-order valence-corrected chi connectivity index (χ0v) is 16.9. The average molecular weight is 447 g/mol. The van der Waals surface area contributed by atoms with E-state index in [-0.39, 0.29) is 30.9 Å². The summed E-state index contributed by atoms with van der Waals surface area (Å²) in [6, 6.07) is 4.00. The molecule has 1 atom stereocenters. The molecule has 1 aliphatic heterocycles. The number of rotatable bonds is 3. The summed E-state index contributed by atoms with van der Waals surface area (Å²) in [5.74, 6) is 0.981. The molecule has 2 N–H and O–H groups in total. The van der Waals surface area contributed by atoms with E-state index in [0.29, 0.717) is 21.2 Å². The van der Waals surface area contributed by atoms with Gasteiger partial charge >= 0.3 is 0 Å². The van der Waals surface area contributed by atoms with Gasteiger partial charge in [-0.05, 0) is 46.8 Å². The molecule has 132 valence electrons. The highest BCUT2D eigenvalue weighted by molar-refractivity contribution is 9.10. The molecule has 7 heteroatoms. The third-order valence-electron chi connectivity index (χ3n) is 4.77. The molecule has 1 aliphatic carbocycles. The average Bonchev–Trinajstić information content (AvgIpc) is 2.99. The van der Waals surface area contributed by atoms with Crippen molar-refractivity contribution in [2.75, 3.05) is 26.2 Å². The maximum atomic E-state index is 10.5. The van der Waals surface area contributed by atoms with Crippen molar-refractivity contribution in [3.8, 4) is 5.75 Å². The van der Waals surface area contributed by atoms with Gasteiger partial charge in [-0.15, -0.1) is 24.8 Å². The Balaban J connectivity index is 0.00000132. The summed E-state index contributed by atoms with van der Waals surface area (Å²) >= 11 is 9.67. The first-order valence-corrected chi connectivity index (χ1v) is 8.96.